The van der Waals surface area contributed by atoms with E-state index < -0.39 is 18.2 Å². The zero-order valence-corrected chi connectivity index (χ0v) is 12.7. The van der Waals surface area contributed by atoms with Crippen LogP contribution in [-0.2, 0) is 19.0 Å². The topological polar surface area (TPSA) is 94.5 Å². The molecule has 0 spiro atoms. The third-order valence-electron chi connectivity index (χ3n) is 2.79. The van der Waals surface area contributed by atoms with Crippen molar-refractivity contribution < 1.29 is 34.0 Å². The van der Waals surface area contributed by atoms with E-state index in [9.17, 15) is 15.0 Å². The lowest BCUT2D eigenvalue weighted by Gasteiger charge is -2.17. The molecule has 7 heteroatoms. The van der Waals surface area contributed by atoms with Crippen molar-refractivity contribution in [1.29, 1.82) is 0 Å². The highest BCUT2D eigenvalue weighted by Crippen LogP contribution is 2.21. The molecule has 2 atom stereocenters. The maximum atomic E-state index is 11.4. The number of carbonyl (C=O) groups excluding carboxylic acids is 1. The quantitative estimate of drug-likeness (QED) is 0.372. The molecule has 0 amide bonds. The van der Waals surface area contributed by atoms with Crippen molar-refractivity contribution in [3.05, 3.63) is 29.8 Å². The standard InChI is InChI=1S/C15H22O7/c1-3-21-15(18)14(17)13(16)11-4-6-12(7-5-11)22-10-20-9-8-19-2/h4-7,13-14,16-17H,3,8-10H2,1-2H3/t13-,14+/m0/s1. The van der Waals surface area contributed by atoms with E-state index in [1.54, 1.807) is 38.3 Å². The highest BCUT2D eigenvalue weighted by atomic mass is 16.7. The second-order valence-corrected chi connectivity index (χ2v) is 4.37. The number of aliphatic hydroxyl groups excluding tert-OH is 2. The summed E-state index contributed by atoms with van der Waals surface area (Å²) in [5, 5.41) is 19.6. The molecule has 1 rings (SSSR count). The number of benzene rings is 1. The molecule has 0 radical (unpaired) electrons. The van der Waals surface area contributed by atoms with Crippen molar-refractivity contribution in [3.63, 3.8) is 0 Å². The van der Waals surface area contributed by atoms with Gasteiger partial charge in [-0.25, -0.2) is 4.79 Å². The number of hydrogen-bond donors (Lipinski definition) is 2. The zero-order valence-electron chi connectivity index (χ0n) is 12.7. The number of rotatable bonds is 10. The molecule has 0 aliphatic heterocycles. The Labute approximate surface area is 129 Å². The predicted octanol–water partition coefficient (Wildman–Crippen LogP) is 0.643. The Hall–Kier alpha value is -1.67. The fraction of sp³-hybridized carbons (Fsp3) is 0.533. The van der Waals surface area contributed by atoms with Gasteiger partial charge in [-0.3, -0.25) is 0 Å². The van der Waals surface area contributed by atoms with Gasteiger partial charge < -0.3 is 29.2 Å². The molecule has 1 aromatic rings. The molecular weight excluding hydrogens is 292 g/mol. The van der Waals surface area contributed by atoms with Crippen LogP contribution in [-0.4, -0.2) is 56.0 Å². The molecule has 0 aliphatic carbocycles. The van der Waals surface area contributed by atoms with E-state index >= 15 is 0 Å². The van der Waals surface area contributed by atoms with Crippen molar-refractivity contribution in [2.24, 2.45) is 0 Å². The van der Waals surface area contributed by atoms with E-state index in [1.807, 2.05) is 0 Å². The first-order chi connectivity index (χ1) is 10.6. The third-order valence-corrected chi connectivity index (χ3v) is 2.79. The molecular formula is C15H22O7. The Kier molecular flexibility index (Phi) is 8.46. The average molecular weight is 314 g/mol. The van der Waals surface area contributed by atoms with Crippen LogP contribution in [0.2, 0.25) is 0 Å². The van der Waals surface area contributed by atoms with Gasteiger partial charge in [-0.1, -0.05) is 12.1 Å². The average Bonchev–Trinajstić information content (AvgIpc) is 2.54. The lowest BCUT2D eigenvalue weighted by molar-refractivity contribution is -0.159. The number of hydrogen-bond acceptors (Lipinski definition) is 7. The smallest absolute Gasteiger partial charge is 0.338 e. The number of ether oxygens (including phenoxy) is 4. The van der Waals surface area contributed by atoms with Crippen molar-refractivity contribution in [2.75, 3.05) is 33.7 Å². The van der Waals surface area contributed by atoms with Crippen molar-refractivity contribution >= 4 is 5.97 Å². The Morgan fingerprint density at radius 2 is 1.86 bits per heavy atom. The first-order valence-electron chi connectivity index (χ1n) is 6.92. The van der Waals surface area contributed by atoms with Gasteiger partial charge in [0, 0.05) is 7.11 Å². The van der Waals surface area contributed by atoms with Crippen molar-refractivity contribution in [1.82, 2.24) is 0 Å². The minimum absolute atomic E-state index is 0.0801. The Morgan fingerprint density at radius 3 is 2.45 bits per heavy atom. The van der Waals surface area contributed by atoms with E-state index in [0.29, 0.717) is 24.5 Å². The molecule has 0 aromatic heterocycles. The molecule has 22 heavy (non-hydrogen) atoms. The van der Waals surface area contributed by atoms with Crippen molar-refractivity contribution in [3.8, 4) is 5.75 Å². The van der Waals surface area contributed by atoms with Crippen LogP contribution in [0.4, 0.5) is 0 Å². The Balaban J connectivity index is 2.48. The Bertz CT molecular complexity index is 432. The summed E-state index contributed by atoms with van der Waals surface area (Å²) in [7, 11) is 1.58. The van der Waals surface area contributed by atoms with Crippen LogP contribution in [0.3, 0.4) is 0 Å². The third kappa shape index (κ3) is 5.98. The van der Waals surface area contributed by atoms with Gasteiger partial charge in [0.05, 0.1) is 19.8 Å². The molecule has 124 valence electrons. The maximum absolute atomic E-state index is 11.4. The summed E-state index contributed by atoms with van der Waals surface area (Å²) in [5.74, 6) is -0.319. The molecule has 0 unspecified atom stereocenters. The molecule has 0 saturated carbocycles. The molecule has 0 heterocycles. The monoisotopic (exact) mass is 314 g/mol. The number of esters is 1. The van der Waals surface area contributed by atoms with Gasteiger partial charge in [0.25, 0.3) is 0 Å². The summed E-state index contributed by atoms with van der Waals surface area (Å²) in [6, 6.07) is 6.32. The van der Waals surface area contributed by atoms with Crippen LogP contribution >= 0.6 is 0 Å². The highest BCUT2D eigenvalue weighted by Gasteiger charge is 2.26. The van der Waals surface area contributed by atoms with E-state index in [2.05, 4.69) is 4.74 Å². The SMILES string of the molecule is CCOC(=O)[C@H](O)[C@@H](O)c1ccc(OCOCCOC)cc1. The molecule has 1 aromatic carbocycles. The van der Waals surface area contributed by atoms with Gasteiger partial charge in [-0.2, -0.15) is 0 Å². The fourth-order valence-corrected chi connectivity index (χ4v) is 1.61. The number of carbonyl (C=O) groups is 1. The molecule has 7 nitrogen and oxygen atoms in total. The maximum Gasteiger partial charge on any atom is 0.338 e. The lowest BCUT2D eigenvalue weighted by Crippen LogP contribution is -2.29. The lowest BCUT2D eigenvalue weighted by atomic mass is 10.0. The zero-order chi connectivity index (χ0) is 16.4. The summed E-state index contributed by atoms with van der Waals surface area (Å²) < 4.78 is 20.0. The summed E-state index contributed by atoms with van der Waals surface area (Å²) in [5.41, 5.74) is 0.383. The fourth-order valence-electron chi connectivity index (χ4n) is 1.61. The molecule has 0 fully saturated rings. The molecule has 0 saturated heterocycles. The second-order valence-electron chi connectivity index (χ2n) is 4.37. The van der Waals surface area contributed by atoms with Crippen LogP contribution in [0.1, 0.15) is 18.6 Å². The van der Waals surface area contributed by atoms with Gasteiger partial charge >= 0.3 is 5.97 Å². The number of methoxy groups -OCH3 is 1. The van der Waals surface area contributed by atoms with Gasteiger partial charge in [-0.05, 0) is 24.6 Å². The van der Waals surface area contributed by atoms with E-state index in [1.165, 1.54) is 0 Å². The predicted molar refractivity (Wildman–Crippen MR) is 77.4 cm³/mol. The first kappa shape index (κ1) is 18.4. The molecule has 2 N–H and O–H groups in total. The van der Waals surface area contributed by atoms with Crippen LogP contribution < -0.4 is 4.74 Å². The van der Waals surface area contributed by atoms with E-state index in [-0.39, 0.29) is 13.4 Å². The van der Waals surface area contributed by atoms with Gasteiger partial charge in [-0.15, -0.1) is 0 Å². The van der Waals surface area contributed by atoms with Gasteiger partial charge in [0.15, 0.2) is 12.9 Å². The van der Waals surface area contributed by atoms with Crippen LogP contribution in [0.25, 0.3) is 0 Å². The largest absolute Gasteiger partial charge is 0.468 e. The van der Waals surface area contributed by atoms with E-state index in [0.717, 1.165) is 0 Å². The first-order valence-corrected chi connectivity index (χ1v) is 6.92. The van der Waals surface area contributed by atoms with Crippen LogP contribution in [0.15, 0.2) is 24.3 Å². The highest BCUT2D eigenvalue weighted by molar-refractivity contribution is 5.75. The second kappa shape index (κ2) is 10.1. The minimum Gasteiger partial charge on any atom is -0.468 e. The number of aliphatic hydroxyl groups is 2. The normalized spacial score (nSPS) is 13.5. The van der Waals surface area contributed by atoms with Crippen LogP contribution in [0, 0.1) is 0 Å². The van der Waals surface area contributed by atoms with Gasteiger partial charge in [0.1, 0.15) is 11.9 Å². The van der Waals surface area contributed by atoms with E-state index in [4.69, 9.17) is 14.2 Å². The summed E-state index contributed by atoms with van der Waals surface area (Å²) in [6.45, 7) is 2.76. The summed E-state index contributed by atoms with van der Waals surface area (Å²) in [6.07, 6.45) is -2.98. The minimum atomic E-state index is -1.62. The van der Waals surface area contributed by atoms with Crippen molar-refractivity contribution in [2.45, 2.75) is 19.1 Å². The summed E-state index contributed by atoms with van der Waals surface area (Å²) >= 11 is 0. The summed E-state index contributed by atoms with van der Waals surface area (Å²) in [4.78, 5) is 11.4. The van der Waals surface area contributed by atoms with Crippen LogP contribution in [0.5, 0.6) is 5.75 Å². The van der Waals surface area contributed by atoms with Gasteiger partial charge in [0.2, 0.25) is 0 Å². The Morgan fingerprint density at radius 1 is 1.18 bits per heavy atom. The molecule has 0 aliphatic rings. The molecule has 0 bridgehead atoms.